The summed E-state index contributed by atoms with van der Waals surface area (Å²) in [5, 5.41) is 11.1. The molecule has 1 heterocycles. The van der Waals surface area contributed by atoms with Gasteiger partial charge in [-0.2, -0.15) is 13.2 Å². The van der Waals surface area contributed by atoms with Crippen LogP contribution < -0.4 is 4.90 Å². The SMILES string of the molecule is COC1CN(c2ccc(C(F)(F)F)cc2[N+](=O)[O-])CCC1C. The molecule has 0 aliphatic carbocycles. The molecule has 0 spiro atoms. The van der Waals surface area contributed by atoms with E-state index in [1.807, 2.05) is 6.92 Å². The molecule has 122 valence electrons. The largest absolute Gasteiger partial charge is 0.416 e. The van der Waals surface area contributed by atoms with Crippen molar-refractivity contribution in [1.29, 1.82) is 0 Å². The zero-order chi connectivity index (χ0) is 16.5. The molecule has 1 fully saturated rings. The Morgan fingerprint density at radius 1 is 1.41 bits per heavy atom. The average Bonchev–Trinajstić information content (AvgIpc) is 2.46. The highest BCUT2D eigenvalue weighted by atomic mass is 19.4. The van der Waals surface area contributed by atoms with Gasteiger partial charge in [0.2, 0.25) is 0 Å². The van der Waals surface area contributed by atoms with Crippen molar-refractivity contribution in [3.05, 3.63) is 33.9 Å². The van der Waals surface area contributed by atoms with Crippen molar-refractivity contribution in [3.63, 3.8) is 0 Å². The first-order valence-corrected chi connectivity index (χ1v) is 6.87. The molecule has 2 atom stereocenters. The molecule has 1 aliphatic rings. The first-order valence-electron chi connectivity index (χ1n) is 6.87. The van der Waals surface area contributed by atoms with Crippen LogP contribution in [0, 0.1) is 16.0 Å². The van der Waals surface area contributed by atoms with Gasteiger partial charge in [0.1, 0.15) is 5.69 Å². The molecule has 0 saturated carbocycles. The number of hydrogen-bond acceptors (Lipinski definition) is 4. The Morgan fingerprint density at radius 2 is 2.09 bits per heavy atom. The molecule has 1 aromatic rings. The van der Waals surface area contributed by atoms with Gasteiger partial charge < -0.3 is 9.64 Å². The van der Waals surface area contributed by atoms with E-state index < -0.39 is 22.4 Å². The lowest BCUT2D eigenvalue weighted by Gasteiger charge is -2.37. The normalized spacial score (nSPS) is 22.7. The van der Waals surface area contributed by atoms with Gasteiger partial charge in [0, 0.05) is 26.3 Å². The third kappa shape index (κ3) is 3.32. The van der Waals surface area contributed by atoms with Crippen LogP contribution in [0.25, 0.3) is 0 Å². The summed E-state index contributed by atoms with van der Waals surface area (Å²) >= 11 is 0. The number of ether oxygens (including phenoxy) is 1. The van der Waals surface area contributed by atoms with Crippen molar-refractivity contribution < 1.29 is 22.8 Å². The van der Waals surface area contributed by atoms with Gasteiger partial charge in [0.25, 0.3) is 5.69 Å². The number of halogens is 3. The van der Waals surface area contributed by atoms with Crippen molar-refractivity contribution in [1.82, 2.24) is 0 Å². The maximum Gasteiger partial charge on any atom is 0.416 e. The fourth-order valence-corrected chi connectivity index (χ4v) is 2.67. The van der Waals surface area contributed by atoms with E-state index in [4.69, 9.17) is 4.74 Å². The predicted molar refractivity (Wildman–Crippen MR) is 74.9 cm³/mol. The number of rotatable bonds is 3. The molecule has 0 bridgehead atoms. The molecule has 1 aliphatic heterocycles. The molecule has 0 amide bonds. The first-order chi connectivity index (χ1) is 10.2. The van der Waals surface area contributed by atoms with Gasteiger partial charge >= 0.3 is 6.18 Å². The summed E-state index contributed by atoms with van der Waals surface area (Å²) in [6.45, 7) is 2.99. The van der Waals surface area contributed by atoms with Crippen LogP contribution in [0.3, 0.4) is 0 Å². The van der Waals surface area contributed by atoms with Crippen LogP contribution in [0.15, 0.2) is 18.2 Å². The standard InChI is InChI=1S/C14H17F3N2O3/c1-9-5-6-18(8-13(9)22-2)11-4-3-10(14(15,16)17)7-12(11)19(20)21/h3-4,7,9,13H,5-6,8H2,1-2H3. The second-order valence-electron chi connectivity index (χ2n) is 5.44. The van der Waals surface area contributed by atoms with Crippen LogP contribution in [0.1, 0.15) is 18.9 Å². The molecule has 8 heteroatoms. The molecular weight excluding hydrogens is 301 g/mol. The minimum Gasteiger partial charge on any atom is -0.379 e. The lowest BCUT2D eigenvalue weighted by Crippen LogP contribution is -2.44. The number of alkyl halides is 3. The van der Waals surface area contributed by atoms with Gasteiger partial charge in [-0.3, -0.25) is 10.1 Å². The second kappa shape index (κ2) is 6.12. The summed E-state index contributed by atoms with van der Waals surface area (Å²) in [7, 11) is 1.56. The van der Waals surface area contributed by atoms with Crippen LogP contribution in [0.2, 0.25) is 0 Å². The Balaban J connectivity index is 2.36. The van der Waals surface area contributed by atoms with Crippen molar-refractivity contribution in [3.8, 4) is 0 Å². The predicted octanol–water partition coefficient (Wildman–Crippen LogP) is 3.47. The number of nitro benzene ring substituents is 1. The fraction of sp³-hybridized carbons (Fsp3) is 0.571. The number of methoxy groups -OCH3 is 1. The summed E-state index contributed by atoms with van der Waals surface area (Å²) in [4.78, 5) is 12.1. The van der Waals surface area contributed by atoms with Gasteiger partial charge in [-0.25, -0.2) is 0 Å². The Hall–Kier alpha value is -1.83. The Labute approximate surface area is 125 Å². The van der Waals surface area contributed by atoms with Gasteiger partial charge in [0.15, 0.2) is 0 Å². The van der Waals surface area contributed by atoms with Crippen LogP contribution in [-0.4, -0.2) is 31.2 Å². The summed E-state index contributed by atoms with van der Waals surface area (Å²) in [6, 6.07) is 2.64. The molecule has 5 nitrogen and oxygen atoms in total. The lowest BCUT2D eigenvalue weighted by atomic mass is 9.95. The summed E-state index contributed by atoms with van der Waals surface area (Å²) in [6.07, 6.45) is -3.94. The van der Waals surface area contributed by atoms with E-state index in [-0.39, 0.29) is 11.8 Å². The van der Waals surface area contributed by atoms with E-state index in [1.165, 1.54) is 6.07 Å². The number of nitro groups is 1. The molecular formula is C14H17F3N2O3. The minimum absolute atomic E-state index is 0.101. The van der Waals surface area contributed by atoms with Crippen molar-refractivity contribution in [2.24, 2.45) is 5.92 Å². The van der Waals surface area contributed by atoms with Gasteiger partial charge in [-0.15, -0.1) is 0 Å². The van der Waals surface area contributed by atoms with Crippen LogP contribution in [0.4, 0.5) is 24.5 Å². The molecule has 2 rings (SSSR count). The zero-order valence-electron chi connectivity index (χ0n) is 12.3. The monoisotopic (exact) mass is 318 g/mol. The lowest BCUT2D eigenvalue weighted by molar-refractivity contribution is -0.384. The number of anilines is 1. The first kappa shape index (κ1) is 16.5. The van der Waals surface area contributed by atoms with Crippen molar-refractivity contribution in [2.75, 3.05) is 25.1 Å². The molecule has 0 aromatic heterocycles. The van der Waals surface area contributed by atoms with Gasteiger partial charge in [-0.1, -0.05) is 6.92 Å². The zero-order valence-corrected chi connectivity index (χ0v) is 12.3. The van der Waals surface area contributed by atoms with E-state index in [0.717, 1.165) is 12.5 Å². The van der Waals surface area contributed by atoms with E-state index in [2.05, 4.69) is 0 Å². The van der Waals surface area contributed by atoms with Crippen molar-refractivity contribution in [2.45, 2.75) is 25.6 Å². The van der Waals surface area contributed by atoms with Crippen LogP contribution in [0.5, 0.6) is 0 Å². The van der Waals surface area contributed by atoms with Gasteiger partial charge in [0.05, 0.1) is 16.6 Å². The molecule has 22 heavy (non-hydrogen) atoms. The molecule has 0 N–H and O–H groups in total. The van der Waals surface area contributed by atoms with E-state index in [9.17, 15) is 23.3 Å². The number of benzene rings is 1. The molecule has 1 saturated heterocycles. The number of piperidine rings is 1. The van der Waals surface area contributed by atoms with Crippen molar-refractivity contribution >= 4 is 11.4 Å². The number of nitrogens with zero attached hydrogens (tertiary/aromatic N) is 2. The van der Waals surface area contributed by atoms with Gasteiger partial charge in [-0.05, 0) is 24.5 Å². The number of hydrogen-bond donors (Lipinski definition) is 0. The average molecular weight is 318 g/mol. The molecule has 0 radical (unpaired) electrons. The topological polar surface area (TPSA) is 55.6 Å². The highest BCUT2D eigenvalue weighted by Crippen LogP contribution is 2.37. The third-order valence-corrected chi connectivity index (χ3v) is 4.03. The maximum absolute atomic E-state index is 12.7. The quantitative estimate of drug-likeness (QED) is 0.632. The summed E-state index contributed by atoms with van der Waals surface area (Å²) in [5.74, 6) is 0.301. The van der Waals surface area contributed by atoms with E-state index >= 15 is 0 Å². The molecule has 2 unspecified atom stereocenters. The fourth-order valence-electron chi connectivity index (χ4n) is 2.67. The smallest absolute Gasteiger partial charge is 0.379 e. The molecule has 1 aromatic carbocycles. The van der Waals surface area contributed by atoms with Crippen LogP contribution in [-0.2, 0) is 10.9 Å². The summed E-state index contributed by atoms with van der Waals surface area (Å²) in [5.41, 5.74) is -1.34. The third-order valence-electron chi connectivity index (χ3n) is 4.03. The minimum atomic E-state index is -4.60. The Bertz CT molecular complexity index is 563. The Morgan fingerprint density at radius 3 is 2.64 bits per heavy atom. The Kier molecular flexibility index (Phi) is 4.60. The highest BCUT2D eigenvalue weighted by molar-refractivity contribution is 5.65. The summed E-state index contributed by atoms with van der Waals surface area (Å²) < 4.78 is 43.5. The maximum atomic E-state index is 12.7. The van der Waals surface area contributed by atoms with E-state index in [1.54, 1.807) is 12.0 Å². The van der Waals surface area contributed by atoms with Crippen LogP contribution >= 0.6 is 0 Å². The van der Waals surface area contributed by atoms with E-state index in [0.29, 0.717) is 25.1 Å². The second-order valence-corrected chi connectivity index (χ2v) is 5.44. The highest BCUT2D eigenvalue weighted by Gasteiger charge is 2.35.